The molecule has 0 saturated heterocycles. The second-order valence-electron chi connectivity index (χ2n) is 4.28. The number of carbonyl (C=O) groups excluding carboxylic acids is 1. The van der Waals surface area contributed by atoms with Crippen molar-refractivity contribution in [1.29, 1.82) is 0 Å². The normalized spacial score (nSPS) is 10.2. The lowest BCUT2D eigenvalue weighted by atomic mass is 10.1. The highest BCUT2D eigenvalue weighted by molar-refractivity contribution is 5.90. The number of rotatable bonds is 7. The number of unbranched alkanes of at least 4 members (excludes halogenated alkanes) is 3. The van der Waals surface area contributed by atoms with E-state index in [0.717, 1.165) is 37.8 Å². The minimum Gasteiger partial charge on any atom is -0.326 e. The van der Waals surface area contributed by atoms with Crippen molar-refractivity contribution in [3.05, 3.63) is 34.1 Å². The number of benzene rings is 1. The molecule has 0 aliphatic carbocycles. The average Bonchev–Trinajstić information content (AvgIpc) is 2.36. The van der Waals surface area contributed by atoms with Crippen LogP contribution in [0.25, 0.3) is 0 Å². The van der Waals surface area contributed by atoms with Gasteiger partial charge in [0.05, 0.1) is 4.92 Å². The summed E-state index contributed by atoms with van der Waals surface area (Å²) in [7, 11) is 0. The Morgan fingerprint density at radius 2 is 2.11 bits per heavy atom. The molecule has 0 bridgehead atoms. The van der Waals surface area contributed by atoms with Crippen LogP contribution in [-0.4, -0.2) is 10.8 Å². The van der Waals surface area contributed by atoms with Gasteiger partial charge in [-0.3, -0.25) is 14.9 Å². The first-order chi connectivity index (χ1) is 9.04. The molecule has 1 aromatic rings. The lowest BCUT2D eigenvalue weighted by Gasteiger charge is -2.05. The average molecular weight is 268 g/mol. The molecule has 0 aromatic heterocycles. The third kappa shape index (κ3) is 5.03. The molecule has 0 atom stereocenters. The minimum atomic E-state index is -0.911. The molecule has 5 nitrogen and oxygen atoms in total. The quantitative estimate of drug-likeness (QED) is 0.466. The van der Waals surface area contributed by atoms with Crippen molar-refractivity contribution in [2.24, 2.45) is 0 Å². The number of hydrogen-bond donors (Lipinski definition) is 1. The van der Waals surface area contributed by atoms with Gasteiger partial charge in [-0.1, -0.05) is 26.2 Å². The second-order valence-corrected chi connectivity index (χ2v) is 4.28. The van der Waals surface area contributed by atoms with Crippen LogP contribution in [0.1, 0.15) is 39.0 Å². The Labute approximate surface area is 111 Å². The highest BCUT2D eigenvalue weighted by Gasteiger charge is 2.15. The maximum Gasteiger partial charge on any atom is 0.306 e. The summed E-state index contributed by atoms with van der Waals surface area (Å²) in [6.45, 7) is 2.08. The van der Waals surface area contributed by atoms with E-state index in [0.29, 0.717) is 6.42 Å². The first-order valence-electron chi connectivity index (χ1n) is 6.28. The number of hydrogen-bond acceptors (Lipinski definition) is 3. The molecular formula is C13H17FN2O3. The number of amides is 1. The number of carbonyl (C=O) groups is 1. The van der Waals surface area contributed by atoms with Crippen LogP contribution in [0.5, 0.6) is 0 Å². The Balaban J connectivity index is 2.55. The zero-order valence-electron chi connectivity index (χ0n) is 10.8. The van der Waals surface area contributed by atoms with Gasteiger partial charge in [0.25, 0.3) is 0 Å². The van der Waals surface area contributed by atoms with E-state index in [1.807, 2.05) is 0 Å². The van der Waals surface area contributed by atoms with Crippen LogP contribution < -0.4 is 5.32 Å². The molecule has 0 fully saturated rings. The first kappa shape index (κ1) is 15.1. The fraction of sp³-hybridized carbons (Fsp3) is 0.462. The summed E-state index contributed by atoms with van der Waals surface area (Å²) < 4.78 is 13.1. The maximum atomic E-state index is 13.1. The van der Waals surface area contributed by atoms with E-state index < -0.39 is 16.4 Å². The second kappa shape index (κ2) is 7.45. The number of nitrogens with one attached hydrogen (secondary N) is 1. The van der Waals surface area contributed by atoms with Crippen LogP contribution in [0.2, 0.25) is 0 Å². The Hall–Kier alpha value is -1.98. The Morgan fingerprint density at radius 1 is 1.37 bits per heavy atom. The first-order valence-corrected chi connectivity index (χ1v) is 6.28. The van der Waals surface area contributed by atoms with Crippen LogP contribution in [-0.2, 0) is 4.79 Å². The number of nitro benzene ring substituents is 1. The summed E-state index contributed by atoms with van der Waals surface area (Å²) in [6.07, 6.45) is 4.29. The molecule has 0 saturated carbocycles. The van der Waals surface area contributed by atoms with Crippen LogP contribution in [0.3, 0.4) is 0 Å². The van der Waals surface area contributed by atoms with Gasteiger partial charge in [-0.25, -0.2) is 0 Å². The van der Waals surface area contributed by atoms with Gasteiger partial charge in [0.15, 0.2) is 0 Å². The molecule has 1 N–H and O–H groups in total. The number of anilines is 1. The molecule has 0 unspecified atom stereocenters. The Morgan fingerprint density at radius 3 is 2.74 bits per heavy atom. The van der Waals surface area contributed by atoms with Gasteiger partial charge < -0.3 is 5.32 Å². The third-order valence-electron chi connectivity index (χ3n) is 2.68. The summed E-state index contributed by atoms with van der Waals surface area (Å²) in [5.41, 5.74) is -0.391. The van der Waals surface area contributed by atoms with Gasteiger partial charge in [-0.2, -0.15) is 4.39 Å². The van der Waals surface area contributed by atoms with Crippen molar-refractivity contribution in [2.45, 2.75) is 39.0 Å². The summed E-state index contributed by atoms with van der Waals surface area (Å²) in [4.78, 5) is 21.3. The van der Waals surface area contributed by atoms with E-state index in [1.165, 1.54) is 6.07 Å². The van der Waals surface area contributed by atoms with Crippen molar-refractivity contribution < 1.29 is 14.1 Å². The summed E-state index contributed by atoms with van der Waals surface area (Å²) >= 11 is 0. The third-order valence-corrected chi connectivity index (χ3v) is 2.68. The molecule has 0 spiro atoms. The minimum absolute atomic E-state index is 0.211. The summed E-state index contributed by atoms with van der Waals surface area (Å²) in [5, 5.41) is 13.1. The van der Waals surface area contributed by atoms with Crippen molar-refractivity contribution in [1.82, 2.24) is 0 Å². The van der Waals surface area contributed by atoms with E-state index in [4.69, 9.17) is 0 Å². The maximum absolute atomic E-state index is 13.1. The molecule has 19 heavy (non-hydrogen) atoms. The predicted molar refractivity (Wildman–Crippen MR) is 70.4 cm³/mol. The number of halogens is 1. The Kier molecular flexibility index (Phi) is 5.92. The molecule has 1 rings (SSSR count). The van der Waals surface area contributed by atoms with Gasteiger partial charge in [0, 0.05) is 18.2 Å². The fourth-order valence-electron chi connectivity index (χ4n) is 1.67. The van der Waals surface area contributed by atoms with E-state index in [-0.39, 0.29) is 11.6 Å². The van der Waals surface area contributed by atoms with E-state index in [9.17, 15) is 19.3 Å². The van der Waals surface area contributed by atoms with Crippen molar-refractivity contribution in [3.8, 4) is 0 Å². The van der Waals surface area contributed by atoms with Crippen molar-refractivity contribution >= 4 is 17.3 Å². The zero-order chi connectivity index (χ0) is 14.3. The van der Waals surface area contributed by atoms with E-state index in [2.05, 4.69) is 12.2 Å². The molecule has 1 amide bonds. The van der Waals surface area contributed by atoms with Gasteiger partial charge in [-0.15, -0.1) is 0 Å². The lowest BCUT2D eigenvalue weighted by Crippen LogP contribution is -2.11. The zero-order valence-corrected chi connectivity index (χ0v) is 10.8. The number of nitro groups is 1. The molecule has 0 aliphatic heterocycles. The summed E-state index contributed by atoms with van der Waals surface area (Å²) in [5.74, 6) is -1.12. The molecule has 0 aliphatic rings. The molecule has 104 valence electrons. The van der Waals surface area contributed by atoms with Crippen LogP contribution in [0.15, 0.2) is 18.2 Å². The van der Waals surface area contributed by atoms with Gasteiger partial charge >= 0.3 is 5.69 Å². The van der Waals surface area contributed by atoms with E-state index >= 15 is 0 Å². The highest BCUT2D eigenvalue weighted by atomic mass is 19.1. The van der Waals surface area contributed by atoms with Crippen LogP contribution in [0.4, 0.5) is 15.8 Å². The highest BCUT2D eigenvalue weighted by Crippen LogP contribution is 2.21. The molecule has 0 heterocycles. The van der Waals surface area contributed by atoms with Gasteiger partial charge in [-0.05, 0) is 18.6 Å². The van der Waals surface area contributed by atoms with Gasteiger partial charge in [0.1, 0.15) is 0 Å². The molecule has 1 aromatic carbocycles. The molecule has 0 radical (unpaired) electrons. The fourth-order valence-corrected chi connectivity index (χ4v) is 1.67. The molecular weight excluding hydrogens is 251 g/mol. The monoisotopic (exact) mass is 268 g/mol. The SMILES string of the molecule is CCCCCCC(=O)Nc1ccc(F)c([N+](=O)[O-])c1. The van der Waals surface area contributed by atoms with E-state index in [1.54, 1.807) is 0 Å². The number of nitrogens with zero attached hydrogens (tertiary/aromatic N) is 1. The van der Waals surface area contributed by atoms with Gasteiger partial charge in [0.2, 0.25) is 11.7 Å². The largest absolute Gasteiger partial charge is 0.326 e. The van der Waals surface area contributed by atoms with Crippen molar-refractivity contribution in [3.63, 3.8) is 0 Å². The topological polar surface area (TPSA) is 72.2 Å². The van der Waals surface area contributed by atoms with Crippen LogP contribution >= 0.6 is 0 Å². The Bertz CT molecular complexity index is 463. The standard InChI is InChI=1S/C13H17FN2O3/c1-2-3-4-5-6-13(17)15-10-7-8-11(14)12(9-10)16(18)19/h7-9H,2-6H2,1H3,(H,15,17). The lowest BCUT2D eigenvalue weighted by molar-refractivity contribution is -0.387. The predicted octanol–water partition coefficient (Wildman–Crippen LogP) is 3.64. The van der Waals surface area contributed by atoms with Crippen molar-refractivity contribution in [2.75, 3.05) is 5.32 Å². The van der Waals surface area contributed by atoms with Crippen LogP contribution in [0, 0.1) is 15.9 Å². The smallest absolute Gasteiger partial charge is 0.306 e. The summed E-state index contributed by atoms with van der Waals surface area (Å²) in [6, 6.07) is 3.32. The molecule has 6 heteroatoms.